The lowest BCUT2D eigenvalue weighted by Crippen LogP contribution is -2.26. The van der Waals surface area contributed by atoms with Crippen LogP contribution >= 0.6 is 0 Å². The SMILES string of the molecule is O=[N+]([O-])c1c(NCc2ccc(F)cc2)ncnc1N1CCCc2ccccc21. The summed E-state index contributed by atoms with van der Waals surface area (Å²) in [6, 6.07) is 13.8. The monoisotopic (exact) mass is 379 g/mol. The van der Waals surface area contributed by atoms with Gasteiger partial charge in [-0.2, -0.15) is 0 Å². The van der Waals surface area contributed by atoms with Gasteiger partial charge >= 0.3 is 5.69 Å². The highest BCUT2D eigenvalue weighted by atomic mass is 19.1. The van der Waals surface area contributed by atoms with Crippen LogP contribution in [0.5, 0.6) is 0 Å². The third-order valence-electron chi connectivity index (χ3n) is 4.72. The largest absolute Gasteiger partial charge is 0.360 e. The molecule has 0 spiro atoms. The van der Waals surface area contributed by atoms with E-state index in [1.807, 2.05) is 29.2 Å². The summed E-state index contributed by atoms with van der Waals surface area (Å²) >= 11 is 0. The van der Waals surface area contributed by atoms with Gasteiger partial charge < -0.3 is 10.2 Å². The molecule has 4 rings (SSSR count). The summed E-state index contributed by atoms with van der Waals surface area (Å²) < 4.78 is 13.1. The molecule has 28 heavy (non-hydrogen) atoms. The van der Waals surface area contributed by atoms with Crippen LogP contribution in [0.1, 0.15) is 17.5 Å². The molecule has 0 aliphatic carbocycles. The van der Waals surface area contributed by atoms with E-state index in [0.717, 1.165) is 29.7 Å². The first kappa shape index (κ1) is 17.8. The molecular weight excluding hydrogens is 361 g/mol. The van der Waals surface area contributed by atoms with E-state index >= 15 is 0 Å². The number of rotatable bonds is 5. The molecular formula is C20H18FN5O2. The molecule has 0 bridgehead atoms. The number of halogens is 1. The lowest BCUT2D eigenvalue weighted by Gasteiger charge is -2.30. The van der Waals surface area contributed by atoms with Crippen molar-refractivity contribution < 1.29 is 9.31 Å². The molecule has 0 fully saturated rings. The highest BCUT2D eigenvalue weighted by molar-refractivity contribution is 5.77. The number of nitro groups is 1. The van der Waals surface area contributed by atoms with Gasteiger partial charge in [-0.25, -0.2) is 14.4 Å². The first-order chi connectivity index (χ1) is 13.6. The molecule has 0 radical (unpaired) electrons. The first-order valence-electron chi connectivity index (χ1n) is 8.96. The van der Waals surface area contributed by atoms with Gasteiger partial charge in [-0.1, -0.05) is 30.3 Å². The van der Waals surface area contributed by atoms with Gasteiger partial charge in [0.15, 0.2) is 0 Å². The quantitative estimate of drug-likeness (QED) is 0.528. The van der Waals surface area contributed by atoms with Gasteiger partial charge in [-0.05, 0) is 42.2 Å². The minimum atomic E-state index is -0.459. The van der Waals surface area contributed by atoms with Gasteiger partial charge in [0.1, 0.15) is 12.1 Å². The van der Waals surface area contributed by atoms with Crippen LogP contribution < -0.4 is 10.2 Å². The van der Waals surface area contributed by atoms with Gasteiger partial charge in [0, 0.05) is 18.8 Å². The number of nitrogens with zero attached hydrogens (tertiary/aromatic N) is 4. The summed E-state index contributed by atoms with van der Waals surface area (Å²) in [7, 11) is 0. The number of hydrogen-bond acceptors (Lipinski definition) is 6. The maximum Gasteiger partial charge on any atom is 0.353 e. The maximum atomic E-state index is 13.1. The topological polar surface area (TPSA) is 84.2 Å². The zero-order valence-electron chi connectivity index (χ0n) is 15.0. The predicted octanol–water partition coefficient (Wildman–Crippen LogP) is 4.22. The Morgan fingerprint density at radius 2 is 1.93 bits per heavy atom. The molecule has 2 heterocycles. The van der Waals surface area contributed by atoms with Crippen molar-refractivity contribution in [1.29, 1.82) is 0 Å². The molecule has 0 unspecified atom stereocenters. The third kappa shape index (κ3) is 3.48. The zero-order valence-corrected chi connectivity index (χ0v) is 15.0. The molecule has 7 nitrogen and oxygen atoms in total. The smallest absolute Gasteiger partial charge is 0.353 e. The summed E-state index contributed by atoms with van der Waals surface area (Å²) in [5.74, 6) is 0.0824. The number of aryl methyl sites for hydroxylation is 1. The molecule has 0 saturated heterocycles. The maximum absolute atomic E-state index is 13.1. The zero-order chi connectivity index (χ0) is 19.5. The van der Waals surface area contributed by atoms with E-state index in [1.54, 1.807) is 12.1 Å². The molecule has 1 aliphatic rings. The lowest BCUT2D eigenvalue weighted by atomic mass is 10.0. The number of fused-ring (bicyclic) bond motifs is 1. The Morgan fingerprint density at radius 3 is 2.71 bits per heavy atom. The predicted molar refractivity (Wildman–Crippen MR) is 104 cm³/mol. The van der Waals surface area contributed by atoms with E-state index in [-0.39, 0.29) is 29.7 Å². The summed E-state index contributed by atoms with van der Waals surface area (Å²) in [5.41, 5.74) is 2.70. The normalized spacial score (nSPS) is 13.1. The fourth-order valence-electron chi connectivity index (χ4n) is 3.41. The number of para-hydroxylation sites is 1. The second-order valence-corrected chi connectivity index (χ2v) is 6.52. The molecule has 0 atom stereocenters. The number of aromatic nitrogens is 2. The Morgan fingerprint density at radius 1 is 1.14 bits per heavy atom. The van der Waals surface area contributed by atoms with E-state index in [2.05, 4.69) is 15.3 Å². The second kappa shape index (κ2) is 7.59. The van der Waals surface area contributed by atoms with Gasteiger partial charge in [0.05, 0.1) is 4.92 Å². The number of benzene rings is 2. The molecule has 0 amide bonds. The molecule has 8 heteroatoms. The van der Waals surface area contributed by atoms with Crippen molar-refractivity contribution in [3.8, 4) is 0 Å². The van der Waals surface area contributed by atoms with E-state index in [4.69, 9.17) is 0 Å². The standard InChI is InChI=1S/C20H18FN5O2/c21-16-9-7-14(8-10-16)12-22-19-18(26(27)28)20(24-13-23-19)25-11-3-5-15-4-1-2-6-17(15)25/h1-2,4,6-10,13H,3,5,11-12H2,(H,22,23,24). The molecule has 0 saturated carbocycles. The van der Waals surface area contributed by atoms with Crippen LogP contribution in [0.15, 0.2) is 54.9 Å². The molecule has 1 aromatic heterocycles. The first-order valence-corrected chi connectivity index (χ1v) is 8.96. The van der Waals surface area contributed by atoms with Crippen molar-refractivity contribution in [3.63, 3.8) is 0 Å². The molecule has 1 N–H and O–H groups in total. The van der Waals surface area contributed by atoms with Crippen LogP contribution in [0.25, 0.3) is 0 Å². The summed E-state index contributed by atoms with van der Waals surface area (Å²) in [6.45, 7) is 0.931. The minimum absolute atomic E-state index is 0.141. The van der Waals surface area contributed by atoms with E-state index < -0.39 is 4.92 Å². The molecule has 1 aliphatic heterocycles. The number of anilines is 3. The van der Waals surface area contributed by atoms with E-state index in [9.17, 15) is 14.5 Å². The number of nitrogens with one attached hydrogen (secondary N) is 1. The summed E-state index contributed by atoms with van der Waals surface area (Å²) in [5, 5.41) is 14.9. The highest BCUT2D eigenvalue weighted by Gasteiger charge is 2.30. The van der Waals surface area contributed by atoms with Crippen LogP contribution in [-0.2, 0) is 13.0 Å². The summed E-state index contributed by atoms with van der Waals surface area (Å²) in [6.07, 6.45) is 3.14. The molecule has 142 valence electrons. The average molecular weight is 379 g/mol. The van der Waals surface area contributed by atoms with Crippen LogP contribution in [0.3, 0.4) is 0 Å². The second-order valence-electron chi connectivity index (χ2n) is 6.52. The van der Waals surface area contributed by atoms with Crippen molar-refractivity contribution in [1.82, 2.24) is 9.97 Å². The Balaban J connectivity index is 1.69. The summed E-state index contributed by atoms with van der Waals surface area (Å²) in [4.78, 5) is 21.6. The van der Waals surface area contributed by atoms with Gasteiger partial charge in [0.2, 0.25) is 11.6 Å². The van der Waals surface area contributed by atoms with Crippen molar-refractivity contribution in [3.05, 3.63) is 81.9 Å². The lowest BCUT2D eigenvalue weighted by molar-refractivity contribution is -0.383. The van der Waals surface area contributed by atoms with Gasteiger partial charge in [-0.15, -0.1) is 0 Å². The molecule has 3 aromatic rings. The average Bonchev–Trinajstić information content (AvgIpc) is 2.72. The minimum Gasteiger partial charge on any atom is -0.360 e. The Bertz CT molecular complexity index is 1010. The fraction of sp³-hybridized carbons (Fsp3) is 0.200. The van der Waals surface area contributed by atoms with Crippen LogP contribution in [0.4, 0.5) is 27.4 Å². The Hall–Kier alpha value is -3.55. The van der Waals surface area contributed by atoms with Gasteiger partial charge in [0.25, 0.3) is 0 Å². The van der Waals surface area contributed by atoms with Crippen LogP contribution in [0, 0.1) is 15.9 Å². The Kier molecular flexibility index (Phi) is 4.84. The van der Waals surface area contributed by atoms with Crippen molar-refractivity contribution >= 4 is 23.0 Å². The fourth-order valence-corrected chi connectivity index (χ4v) is 3.41. The number of hydrogen-bond donors (Lipinski definition) is 1. The van der Waals surface area contributed by atoms with Crippen molar-refractivity contribution in [2.24, 2.45) is 0 Å². The van der Waals surface area contributed by atoms with Crippen molar-refractivity contribution in [2.75, 3.05) is 16.8 Å². The Labute approximate surface area is 161 Å². The molecule has 2 aromatic carbocycles. The van der Waals surface area contributed by atoms with Crippen LogP contribution in [0.2, 0.25) is 0 Å². The van der Waals surface area contributed by atoms with Gasteiger partial charge in [-0.3, -0.25) is 10.1 Å². The third-order valence-corrected chi connectivity index (χ3v) is 4.72. The van der Waals surface area contributed by atoms with E-state index in [0.29, 0.717) is 6.54 Å². The van der Waals surface area contributed by atoms with E-state index in [1.165, 1.54) is 18.5 Å². The highest BCUT2D eigenvalue weighted by Crippen LogP contribution is 2.39. The van der Waals surface area contributed by atoms with Crippen LogP contribution in [-0.4, -0.2) is 21.4 Å². The van der Waals surface area contributed by atoms with Crippen molar-refractivity contribution in [2.45, 2.75) is 19.4 Å².